The smallest absolute Gasteiger partial charge is 0.135 e. The van der Waals surface area contributed by atoms with Crippen molar-refractivity contribution in [1.82, 2.24) is 0 Å². The van der Waals surface area contributed by atoms with E-state index in [0.717, 1.165) is 17.1 Å². The summed E-state index contributed by atoms with van der Waals surface area (Å²) in [5.41, 5.74) is 3.47. The summed E-state index contributed by atoms with van der Waals surface area (Å²) in [5.74, 6) is 1.75. The van der Waals surface area contributed by atoms with Crippen molar-refractivity contribution >= 4 is 0 Å². The molecule has 0 aliphatic heterocycles. The van der Waals surface area contributed by atoms with Crippen molar-refractivity contribution in [3.8, 4) is 22.6 Å². The van der Waals surface area contributed by atoms with E-state index in [1.54, 1.807) is 0 Å². The van der Waals surface area contributed by atoms with Crippen molar-refractivity contribution in [3.63, 3.8) is 0 Å². The maximum atomic E-state index is 6.04. The molecule has 0 aliphatic carbocycles. The van der Waals surface area contributed by atoms with Gasteiger partial charge in [-0.1, -0.05) is 60.7 Å². The van der Waals surface area contributed by atoms with E-state index in [-0.39, 0.29) is 0 Å². The average Bonchev–Trinajstić information content (AvgIpc) is 2.49. The highest BCUT2D eigenvalue weighted by molar-refractivity contribution is 5.71. The average molecular weight is 260 g/mol. The summed E-state index contributed by atoms with van der Waals surface area (Å²) in [5, 5.41) is 0. The Labute approximate surface area is 119 Å². The lowest BCUT2D eigenvalue weighted by molar-refractivity contribution is 0.484. The van der Waals surface area contributed by atoms with E-state index >= 15 is 0 Å². The van der Waals surface area contributed by atoms with Crippen molar-refractivity contribution in [2.75, 3.05) is 0 Å². The number of rotatable bonds is 3. The lowest BCUT2D eigenvalue weighted by atomic mass is 10.0. The molecule has 0 spiro atoms. The second-order valence-corrected chi connectivity index (χ2v) is 4.78. The van der Waals surface area contributed by atoms with E-state index in [2.05, 4.69) is 37.3 Å². The van der Waals surface area contributed by atoms with Gasteiger partial charge in [0.25, 0.3) is 0 Å². The van der Waals surface area contributed by atoms with Gasteiger partial charge in [-0.3, -0.25) is 0 Å². The van der Waals surface area contributed by atoms with E-state index < -0.39 is 0 Å². The Morgan fingerprint density at radius 3 is 2.05 bits per heavy atom. The van der Waals surface area contributed by atoms with Crippen LogP contribution in [0.15, 0.2) is 78.9 Å². The van der Waals surface area contributed by atoms with Gasteiger partial charge in [0, 0.05) is 5.56 Å². The summed E-state index contributed by atoms with van der Waals surface area (Å²) in [6.07, 6.45) is 0. The van der Waals surface area contributed by atoms with Gasteiger partial charge in [0.2, 0.25) is 0 Å². The van der Waals surface area contributed by atoms with Crippen molar-refractivity contribution in [3.05, 3.63) is 84.4 Å². The molecule has 0 aliphatic rings. The van der Waals surface area contributed by atoms with Gasteiger partial charge in [-0.15, -0.1) is 0 Å². The van der Waals surface area contributed by atoms with Crippen LogP contribution in [0.4, 0.5) is 0 Å². The summed E-state index contributed by atoms with van der Waals surface area (Å²) < 4.78 is 6.04. The number of hydrogen-bond donors (Lipinski definition) is 0. The van der Waals surface area contributed by atoms with Gasteiger partial charge in [-0.25, -0.2) is 0 Å². The second kappa shape index (κ2) is 5.62. The minimum absolute atomic E-state index is 0.857. The van der Waals surface area contributed by atoms with Gasteiger partial charge >= 0.3 is 0 Å². The molecule has 1 nitrogen and oxygen atoms in total. The minimum atomic E-state index is 0.857. The predicted molar refractivity (Wildman–Crippen MR) is 83.1 cm³/mol. The topological polar surface area (TPSA) is 9.23 Å². The Hall–Kier alpha value is -2.54. The molecule has 0 atom stereocenters. The Balaban J connectivity index is 2.03. The van der Waals surface area contributed by atoms with Crippen LogP contribution in [0.2, 0.25) is 0 Å². The maximum Gasteiger partial charge on any atom is 0.135 e. The monoisotopic (exact) mass is 260 g/mol. The fourth-order valence-electron chi connectivity index (χ4n) is 2.19. The van der Waals surface area contributed by atoms with Crippen molar-refractivity contribution in [1.29, 1.82) is 0 Å². The number of benzene rings is 3. The zero-order valence-corrected chi connectivity index (χ0v) is 11.4. The lowest BCUT2D eigenvalue weighted by Crippen LogP contribution is -1.89. The molecule has 3 aromatic rings. The van der Waals surface area contributed by atoms with Crippen LogP contribution in [-0.2, 0) is 0 Å². The lowest BCUT2D eigenvalue weighted by Gasteiger charge is -2.12. The van der Waals surface area contributed by atoms with Crippen molar-refractivity contribution < 1.29 is 4.74 Å². The Bertz CT molecular complexity index is 687. The van der Waals surface area contributed by atoms with E-state index in [9.17, 15) is 0 Å². The zero-order valence-electron chi connectivity index (χ0n) is 11.4. The molecule has 0 amide bonds. The first-order chi connectivity index (χ1) is 9.83. The van der Waals surface area contributed by atoms with Gasteiger partial charge in [-0.2, -0.15) is 0 Å². The normalized spacial score (nSPS) is 10.2. The molecule has 1 heteroatoms. The number of aryl methyl sites for hydroxylation is 1. The maximum absolute atomic E-state index is 6.04. The molecule has 0 fully saturated rings. The first-order valence-corrected chi connectivity index (χ1v) is 6.72. The fraction of sp³-hybridized carbons (Fsp3) is 0.0526. The molecule has 0 N–H and O–H groups in total. The third-order valence-corrected chi connectivity index (χ3v) is 3.19. The molecular formula is C19H16O. The first-order valence-electron chi connectivity index (χ1n) is 6.72. The largest absolute Gasteiger partial charge is 0.457 e. The van der Waals surface area contributed by atoms with E-state index in [1.165, 1.54) is 11.1 Å². The molecule has 0 aromatic heterocycles. The van der Waals surface area contributed by atoms with Gasteiger partial charge in [0.1, 0.15) is 11.5 Å². The molecule has 3 aromatic carbocycles. The molecule has 0 heterocycles. The van der Waals surface area contributed by atoms with Crippen molar-refractivity contribution in [2.24, 2.45) is 0 Å². The van der Waals surface area contributed by atoms with Crippen LogP contribution < -0.4 is 4.74 Å². The molecule has 98 valence electrons. The first kappa shape index (κ1) is 12.5. The van der Waals surface area contributed by atoms with Crippen LogP contribution in [-0.4, -0.2) is 0 Å². The SMILES string of the molecule is Cc1ccc(-c2ccccc2)c(Oc2ccccc2)c1. The Kier molecular flexibility index (Phi) is 3.51. The third-order valence-electron chi connectivity index (χ3n) is 3.19. The van der Waals surface area contributed by atoms with Gasteiger partial charge < -0.3 is 4.74 Å². The molecular weight excluding hydrogens is 244 g/mol. The van der Waals surface area contributed by atoms with Gasteiger partial charge in [-0.05, 0) is 36.2 Å². The van der Waals surface area contributed by atoms with Crippen LogP contribution in [0.25, 0.3) is 11.1 Å². The van der Waals surface area contributed by atoms with E-state index in [1.807, 2.05) is 48.5 Å². The molecule has 0 unspecified atom stereocenters. The number of hydrogen-bond acceptors (Lipinski definition) is 1. The minimum Gasteiger partial charge on any atom is -0.457 e. The van der Waals surface area contributed by atoms with Gasteiger partial charge in [0.15, 0.2) is 0 Å². The zero-order chi connectivity index (χ0) is 13.8. The quantitative estimate of drug-likeness (QED) is 0.608. The summed E-state index contributed by atoms with van der Waals surface area (Å²) in [7, 11) is 0. The van der Waals surface area contributed by atoms with Crippen LogP contribution in [0.1, 0.15) is 5.56 Å². The highest BCUT2D eigenvalue weighted by atomic mass is 16.5. The Morgan fingerprint density at radius 1 is 0.700 bits per heavy atom. The predicted octanol–water partition coefficient (Wildman–Crippen LogP) is 5.45. The van der Waals surface area contributed by atoms with Crippen LogP contribution in [0.3, 0.4) is 0 Å². The van der Waals surface area contributed by atoms with E-state index in [0.29, 0.717) is 0 Å². The molecule has 0 bridgehead atoms. The van der Waals surface area contributed by atoms with Crippen LogP contribution in [0, 0.1) is 6.92 Å². The van der Waals surface area contributed by atoms with E-state index in [4.69, 9.17) is 4.74 Å². The van der Waals surface area contributed by atoms with Gasteiger partial charge in [0.05, 0.1) is 0 Å². The van der Waals surface area contributed by atoms with Crippen LogP contribution in [0.5, 0.6) is 11.5 Å². The number of ether oxygens (including phenoxy) is 1. The molecule has 0 saturated heterocycles. The molecule has 3 rings (SSSR count). The fourth-order valence-corrected chi connectivity index (χ4v) is 2.19. The second-order valence-electron chi connectivity index (χ2n) is 4.78. The third kappa shape index (κ3) is 2.72. The van der Waals surface area contributed by atoms with Crippen molar-refractivity contribution in [2.45, 2.75) is 6.92 Å². The highest BCUT2D eigenvalue weighted by Crippen LogP contribution is 2.33. The molecule has 0 saturated carbocycles. The molecule has 20 heavy (non-hydrogen) atoms. The summed E-state index contributed by atoms with van der Waals surface area (Å²) in [6, 6.07) is 26.5. The summed E-state index contributed by atoms with van der Waals surface area (Å²) in [4.78, 5) is 0. The summed E-state index contributed by atoms with van der Waals surface area (Å²) >= 11 is 0. The Morgan fingerprint density at radius 2 is 1.35 bits per heavy atom. The standard InChI is InChI=1S/C19H16O/c1-15-12-13-18(16-8-4-2-5-9-16)19(14-15)20-17-10-6-3-7-11-17/h2-14H,1H3. The number of para-hydroxylation sites is 1. The summed E-state index contributed by atoms with van der Waals surface area (Å²) in [6.45, 7) is 2.08. The van der Waals surface area contributed by atoms with Crippen LogP contribution >= 0.6 is 0 Å². The molecule has 0 radical (unpaired) electrons. The highest BCUT2D eigenvalue weighted by Gasteiger charge is 2.07.